The molecule has 0 aromatic heterocycles. The predicted molar refractivity (Wildman–Crippen MR) is 104 cm³/mol. The van der Waals surface area contributed by atoms with E-state index >= 15 is 0 Å². The number of hydrogen-bond donors (Lipinski definition) is 1. The molecule has 1 N–H and O–H groups in total. The zero-order chi connectivity index (χ0) is 21.3. The molecular weight excluding hydrogens is 420 g/mol. The van der Waals surface area contributed by atoms with Crippen molar-refractivity contribution in [2.45, 2.75) is 33.6 Å². The standard InChI is InChI=1S/C17H26O9S.Ca.2H/c1-6-7-17(10-25-14(18)12(2)3,11-26-15(19)13(4)5)16(20)24-8-9-27(21,22)23;;;/h2,4,6-11H2,1,3,5H3,(H,21,22,23);;;/q;+2;2*-1. The Morgan fingerprint density at radius 1 is 1.00 bits per heavy atom. The molecule has 0 saturated carbocycles. The van der Waals surface area contributed by atoms with Gasteiger partial charge in [-0.2, -0.15) is 8.42 Å². The van der Waals surface area contributed by atoms with Crippen molar-refractivity contribution in [1.82, 2.24) is 0 Å². The van der Waals surface area contributed by atoms with E-state index in [-0.39, 0.29) is 58.2 Å². The summed E-state index contributed by atoms with van der Waals surface area (Å²) in [6, 6.07) is 0. The van der Waals surface area contributed by atoms with E-state index in [1.54, 1.807) is 6.92 Å². The summed E-state index contributed by atoms with van der Waals surface area (Å²) in [5, 5.41) is 0. The van der Waals surface area contributed by atoms with Crippen LogP contribution in [-0.4, -0.2) is 94.2 Å². The number of carbonyl (C=O) groups excluding carboxylic acids is 3. The monoisotopic (exact) mass is 448 g/mol. The predicted octanol–water partition coefficient (Wildman–Crippen LogP) is 1.29. The number of ether oxygens (including phenoxy) is 3. The van der Waals surface area contributed by atoms with Crippen molar-refractivity contribution >= 4 is 65.8 Å². The third-order valence-corrected chi connectivity index (χ3v) is 4.07. The van der Waals surface area contributed by atoms with Crippen LogP contribution >= 0.6 is 0 Å². The first kappa shape index (κ1) is 29.3. The Balaban J connectivity index is -0.00000113. The van der Waals surface area contributed by atoms with Gasteiger partial charge < -0.3 is 17.1 Å². The average molecular weight is 449 g/mol. The van der Waals surface area contributed by atoms with E-state index in [0.29, 0.717) is 6.42 Å². The molecule has 11 heteroatoms. The Labute approximate surface area is 198 Å². The fraction of sp³-hybridized carbons (Fsp3) is 0.588. The molecule has 0 saturated heterocycles. The van der Waals surface area contributed by atoms with Gasteiger partial charge in [-0.3, -0.25) is 9.35 Å². The van der Waals surface area contributed by atoms with Crippen molar-refractivity contribution in [3.63, 3.8) is 0 Å². The second kappa shape index (κ2) is 13.3. The Bertz CT molecular complexity index is 678. The maximum Gasteiger partial charge on any atom is 2.00 e. The third kappa shape index (κ3) is 11.2. The van der Waals surface area contributed by atoms with Crippen LogP contribution in [0.4, 0.5) is 0 Å². The maximum absolute atomic E-state index is 12.6. The van der Waals surface area contributed by atoms with Crippen LogP contribution < -0.4 is 0 Å². The van der Waals surface area contributed by atoms with Crippen molar-refractivity contribution in [3.8, 4) is 0 Å². The molecule has 9 nitrogen and oxygen atoms in total. The molecule has 0 amide bonds. The van der Waals surface area contributed by atoms with Gasteiger partial charge in [0, 0.05) is 11.1 Å². The first-order valence-corrected chi connectivity index (χ1v) is 9.73. The average Bonchev–Trinajstić information content (AvgIpc) is 2.55. The first-order chi connectivity index (χ1) is 12.3. The van der Waals surface area contributed by atoms with Gasteiger partial charge in [-0.05, 0) is 20.3 Å². The molecule has 158 valence electrons. The topological polar surface area (TPSA) is 133 Å². The van der Waals surface area contributed by atoms with Crippen LogP contribution in [0.15, 0.2) is 24.3 Å². The second-order valence-corrected chi connectivity index (χ2v) is 7.74. The van der Waals surface area contributed by atoms with Crippen molar-refractivity contribution in [2.75, 3.05) is 25.6 Å². The quantitative estimate of drug-likeness (QED) is 0.154. The van der Waals surface area contributed by atoms with Gasteiger partial charge >= 0.3 is 55.6 Å². The van der Waals surface area contributed by atoms with Gasteiger partial charge in [0.15, 0.2) is 0 Å². The van der Waals surface area contributed by atoms with E-state index in [2.05, 4.69) is 13.2 Å². The van der Waals surface area contributed by atoms with E-state index < -0.39 is 59.0 Å². The normalized spacial score (nSPS) is 11.0. The Morgan fingerprint density at radius 3 is 1.75 bits per heavy atom. The minimum absolute atomic E-state index is 0. The molecular formula is C17H28CaO9S. The van der Waals surface area contributed by atoms with Crippen LogP contribution in [-0.2, 0) is 38.7 Å². The van der Waals surface area contributed by atoms with Crippen molar-refractivity contribution in [3.05, 3.63) is 24.3 Å². The third-order valence-electron chi connectivity index (χ3n) is 3.39. The smallest absolute Gasteiger partial charge is 1.00 e. The second-order valence-electron chi connectivity index (χ2n) is 6.17. The summed E-state index contributed by atoms with van der Waals surface area (Å²) in [6.45, 7) is 9.96. The van der Waals surface area contributed by atoms with Crippen LogP contribution in [0.25, 0.3) is 0 Å². The molecule has 0 spiro atoms. The molecule has 0 fully saturated rings. The number of carbonyl (C=O) groups is 3. The molecule has 28 heavy (non-hydrogen) atoms. The molecule has 0 aromatic rings. The first-order valence-electron chi connectivity index (χ1n) is 8.12. The molecule has 0 heterocycles. The summed E-state index contributed by atoms with van der Waals surface area (Å²) >= 11 is 0. The van der Waals surface area contributed by atoms with E-state index in [9.17, 15) is 22.8 Å². The zero-order valence-electron chi connectivity index (χ0n) is 18.5. The molecule has 0 bridgehead atoms. The van der Waals surface area contributed by atoms with E-state index in [1.165, 1.54) is 13.8 Å². The summed E-state index contributed by atoms with van der Waals surface area (Å²) in [5.74, 6) is -3.20. The van der Waals surface area contributed by atoms with Crippen molar-refractivity contribution in [2.24, 2.45) is 5.41 Å². The summed E-state index contributed by atoms with van der Waals surface area (Å²) < 4.78 is 45.3. The molecule has 0 atom stereocenters. The molecule has 0 aliphatic carbocycles. The van der Waals surface area contributed by atoms with E-state index in [0.717, 1.165) is 0 Å². The van der Waals surface area contributed by atoms with Crippen molar-refractivity contribution < 1.29 is 44.4 Å². The van der Waals surface area contributed by atoms with Crippen LogP contribution in [0, 0.1) is 5.41 Å². The Morgan fingerprint density at radius 2 is 1.43 bits per heavy atom. The summed E-state index contributed by atoms with van der Waals surface area (Å²) in [5.41, 5.74) is -1.32. The van der Waals surface area contributed by atoms with Gasteiger partial charge in [-0.25, -0.2) is 9.59 Å². The van der Waals surface area contributed by atoms with Crippen LogP contribution in [0.5, 0.6) is 0 Å². The van der Waals surface area contributed by atoms with E-state index in [4.69, 9.17) is 18.8 Å². The molecule has 0 aliphatic rings. The van der Waals surface area contributed by atoms with Gasteiger partial charge in [-0.1, -0.05) is 26.5 Å². The van der Waals surface area contributed by atoms with Crippen LogP contribution in [0.3, 0.4) is 0 Å². The zero-order valence-corrected chi connectivity index (χ0v) is 19.5. The van der Waals surface area contributed by atoms with Gasteiger partial charge in [0.25, 0.3) is 10.1 Å². The van der Waals surface area contributed by atoms with Crippen molar-refractivity contribution in [1.29, 1.82) is 0 Å². The number of rotatable bonds is 12. The fourth-order valence-corrected chi connectivity index (χ4v) is 2.22. The summed E-state index contributed by atoms with van der Waals surface area (Å²) in [4.78, 5) is 36.0. The van der Waals surface area contributed by atoms with Gasteiger partial charge in [0.1, 0.15) is 31.0 Å². The van der Waals surface area contributed by atoms with Gasteiger partial charge in [-0.15, -0.1) is 0 Å². The molecule has 0 radical (unpaired) electrons. The SMILES string of the molecule is C=C(C)C(=O)OCC(CCC)(COC(=O)C(=C)C)C(=O)OCCS(=O)(=O)O.[Ca+2].[H-].[H-]. The summed E-state index contributed by atoms with van der Waals surface area (Å²) in [7, 11) is -4.32. The van der Waals surface area contributed by atoms with Crippen LogP contribution in [0.1, 0.15) is 36.5 Å². The molecule has 0 aromatic carbocycles. The molecule has 0 aliphatic heterocycles. The van der Waals surface area contributed by atoms with E-state index in [1.807, 2.05) is 0 Å². The molecule has 0 rings (SSSR count). The summed E-state index contributed by atoms with van der Waals surface area (Å²) in [6.07, 6.45) is 0.577. The van der Waals surface area contributed by atoms with Gasteiger partial charge in [0.05, 0.1) is 0 Å². The Kier molecular flexibility index (Phi) is 13.9. The number of hydrogen-bond acceptors (Lipinski definition) is 8. The van der Waals surface area contributed by atoms with Gasteiger partial charge in [0.2, 0.25) is 0 Å². The fourth-order valence-electron chi connectivity index (χ4n) is 1.93. The number of esters is 3. The van der Waals surface area contributed by atoms with Crippen LogP contribution in [0.2, 0.25) is 0 Å². The minimum atomic E-state index is -4.32. The molecule has 0 unspecified atom stereocenters. The largest absolute Gasteiger partial charge is 2.00 e. The minimum Gasteiger partial charge on any atom is -1.00 e. The maximum atomic E-state index is 12.6. The Hall–Kier alpha value is -0.940.